The highest BCUT2D eigenvalue weighted by atomic mass is 127. The third kappa shape index (κ3) is 10.4. The van der Waals surface area contributed by atoms with E-state index in [1.165, 1.54) is 131 Å². The zero-order valence-electron chi connectivity index (χ0n) is 52.8. The monoisotopic (exact) mass is 1430 g/mol. The van der Waals surface area contributed by atoms with Gasteiger partial charge in [0.2, 0.25) is 0 Å². The lowest BCUT2D eigenvalue weighted by Crippen LogP contribution is -2.41. The van der Waals surface area contributed by atoms with Crippen LogP contribution in [0.3, 0.4) is 0 Å². The third-order valence-corrected chi connectivity index (χ3v) is 21.7. The number of nitrogens with zero attached hydrogens (tertiary/aromatic N) is 2. The van der Waals surface area contributed by atoms with Crippen LogP contribution in [0.5, 0.6) is 0 Å². The Kier molecular flexibility index (Phi) is 15.2. The molecule has 450 valence electrons. The summed E-state index contributed by atoms with van der Waals surface area (Å²) < 4.78 is 21.1. The van der Waals surface area contributed by atoms with E-state index in [2.05, 4.69) is 374 Å². The molecule has 4 nitrogen and oxygen atoms in total. The first kappa shape index (κ1) is 60.2. The number of para-hydroxylation sites is 2. The molecule has 1 aliphatic heterocycles. The van der Waals surface area contributed by atoms with Crippen LogP contribution in [0, 0.1) is 3.57 Å². The first-order valence-corrected chi connectivity index (χ1v) is 34.3. The van der Waals surface area contributed by atoms with Crippen molar-refractivity contribution < 1.29 is 9.31 Å². The molecule has 17 rings (SSSR count). The van der Waals surface area contributed by atoms with Crippen LogP contribution in [-0.2, 0) is 20.1 Å². The summed E-state index contributed by atoms with van der Waals surface area (Å²) in [5.74, 6) is 0. The normalized spacial score (nSPS) is 15.1. The van der Waals surface area contributed by atoms with Gasteiger partial charge in [0.15, 0.2) is 0 Å². The summed E-state index contributed by atoms with van der Waals surface area (Å²) in [5, 5.41) is 5.06. The van der Waals surface area contributed by atoms with Gasteiger partial charge >= 0.3 is 7.12 Å². The molecular formula is C84H68BBr2IN2O2. The maximum atomic E-state index is 6.38. The molecule has 0 unspecified atom stereocenters. The summed E-state index contributed by atoms with van der Waals surface area (Å²) in [6.45, 7) is 17.7. The standard InChI is InChI=1S/C39H36BNO2.C39H28BrN.C6H4BrI/c1-37(2)33-16-9-7-14-29(33)32-24-28(19-21-34(32)37)41-35-17-10-8-15-30(35)31-20-18-26(23-36(31)41)25-12-11-13-27(22-25)40-42-38(3,4)39(5,6)43-40;1-39(2)35-12-5-3-10-31(35)34-24-30(19-21-36(34)39)41-37-13-6-4-11-32(37)33-20-16-28(23-38(33)41)27-9-7-8-26(22-27)25-14-17-29(40)18-15-25;7-5-1-3-6(8)4-2-5/h7-24H,1-6H3;3-24H,1-2H3;1-4H. The molecule has 0 spiro atoms. The van der Waals surface area contributed by atoms with Crippen LogP contribution in [0.4, 0.5) is 0 Å². The molecule has 0 amide bonds. The maximum absolute atomic E-state index is 6.38. The Morgan fingerprint density at radius 2 is 0.696 bits per heavy atom. The largest absolute Gasteiger partial charge is 0.494 e. The topological polar surface area (TPSA) is 28.3 Å². The van der Waals surface area contributed by atoms with E-state index >= 15 is 0 Å². The number of hydrogen-bond acceptors (Lipinski definition) is 2. The highest BCUT2D eigenvalue weighted by molar-refractivity contribution is 14.1. The van der Waals surface area contributed by atoms with E-state index in [4.69, 9.17) is 9.31 Å². The fraction of sp³-hybridized carbons (Fsp3) is 0.143. The third-order valence-electron chi connectivity index (χ3n) is 19.9. The van der Waals surface area contributed by atoms with Crippen molar-refractivity contribution in [2.75, 3.05) is 0 Å². The number of aromatic nitrogens is 2. The minimum Gasteiger partial charge on any atom is -0.399 e. The van der Waals surface area contributed by atoms with Gasteiger partial charge in [0.25, 0.3) is 0 Å². The van der Waals surface area contributed by atoms with Crippen molar-refractivity contribution in [2.45, 2.75) is 77.4 Å². The fourth-order valence-electron chi connectivity index (χ4n) is 14.3. The van der Waals surface area contributed by atoms with E-state index in [0.29, 0.717) is 0 Å². The molecule has 1 saturated heterocycles. The lowest BCUT2D eigenvalue weighted by Gasteiger charge is -2.32. The Morgan fingerprint density at radius 1 is 0.315 bits per heavy atom. The van der Waals surface area contributed by atoms with Gasteiger partial charge in [0.1, 0.15) is 0 Å². The highest BCUT2D eigenvalue weighted by Crippen LogP contribution is 2.52. The average Bonchev–Trinajstić information content (AvgIpc) is 1.58. The predicted molar refractivity (Wildman–Crippen MR) is 403 cm³/mol. The first-order chi connectivity index (χ1) is 44.3. The Hall–Kier alpha value is -8.09. The molecule has 3 aliphatic rings. The van der Waals surface area contributed by atoms with Crippen molar-refractivity contribution in [1.82, 2.24) is 9.13 Å². The molecule has 2 aromatic heterocycles. The molecule has 0 radical (unpaired) electrons. The second-order valence-corrected chi connectivity index (χ2v) is 29.8. The lowest BCUT2D eigenvalue weighted by atomic mass is 9.78. The number of halogens is 3. The van der Waals surface area contributed by atoms with Crippen molar-refractivity contribution >= 4 is 111 Å². The molecule has 8 heteroatoms. The van der Waals surface area contributed by atoms with Crippen LogP contribution in [0.25, 0.3) is 111 Å². The second kappa shape index (κ2) is 23.2. The van der Waals surface area contributed by atoms with Crippen molar-refractivity contribution in [3.63, 3.8) is 0 Å². The van der Waals surface area contributed by atoms with E-state index in [9.17, 15) is 0 Å². The summed E-state index contributed by atoms with van der Waals surface area (Å²) in [6, 6.07) is 97.2. The highest BCUT2D eigenvalue weighted by Gasteiger charge is 2.52. The molecule has 12 aromatic carbocycles. The lowest BCUT2D eigenvalue weighted by molar-refractivity contribution is 0.00578. The zero-order valence-corrected chi connectivity index (χ0v) is 58.2. The number of benzene rings is 12. The van der Waals surface area contributed by atoms with Gasteiger partial charge in [0.05, 0.1) is 33.3 Å². The van der Waals surface area contributed by atoms with Crippen molar-refractivity contribution in [2.24, 2.45) is 0 Å². The summed E-state index contributed by atoms with van der Waals surface area (Å²) in [6.07, 6.45) is 0. The van der Waals surface area contributed by atoms with Gasteiger partial charge in [-0.05, 0) is 225 Å². The number of rotatable bonds is 6. The quantitative estimate of drug-likeness (QED) is 0.123. The predicted octanol–water partition coefficient (Wildman–Crippen LogP) is 23.3. The molecule has 3 heterocycles. The molecule has 0 N–H and O–H groups in total. The van der Waals surface area contributed by atoms with Crippen molar-refractivity contribution in [3.05, 3.63) is 302 Å². The fourth-order valence-corrected chi connectivity index (χ4v) is 15.2. The van der Waals surface area contributed by atoms with E-state index in [1.807, 2.05) is 12.1 Å². The van der Waals surface area contributed by atoms with Gasteiger partial charge in [-0.15, -0.1) is 0 Å². The van der Waals surface area contributed by atoms with E-state index < -0.39 is 7.12 Å². The van der Waals surface area contributed by atoms with Crippen LogP contribution in [0.2, 0.25) is 0 Å². The SMILES string of the molecule is Brc1ccc(I)cc1.CC1(C)c2ccccc2-c2cc(-n3c4ccccc4c4ccc(-c5cccc(-c6ccc(Br)cc6)c5)cc43)ccc21.CC1(C)c2ccccc2-c2cc(-n3c4ccccc4c4ccc(-c5cccc(B6OC(C)(C)C(C)(C)O6)c5)cc43)ccc21. The van der Waals surface area contributed by atoms with Crippen molar-refractivity contribution in [3.8, 4) is 67.0 Å². The summed E-state index contributed by atoms with van der Waals surface area (Å²) in [5.41, 5.74) is 25.6. The van der Waals surface area contributed by atoms with Crippen LogP contribution < -0.4 is 5.46 Å². The molecule has 92 heavy (non-hydrogen) atoms. The number of fused-ring (bicyclic) bond motifs is 12. The zero-order chi connectivity index (χ0) is 63.4. The second-order valence-electron chi connectivity index (χ2n) is 26.7. The molecular weight excluding hydrogens is 1370 g/mol. The summed E-state index contributed by atoms with van der Waals surface area (Å²) >= 11 is 9.18. The maximum Gasteiger partial charge on any atom is 0.494 e. The van der Waals surface area contributed by atoms with Crippen molar-refractivity contribution in [1.29, 1.82) is 0 Å². The Bertz CT molecular complexity index is 5190. The molecule has 0 atom stereocenters. The van der Waals surface area contributed by atoms with E-state index in [-0.39, 0.29) is 22.0 Å². The van der Waals surface area contributed by atoms with E-state index in [1.54, 1.807) is 0 Å². The summed E-state index contributed by atoms with van der Waals surface area (Å²) in [4.78, 5) is 0. The van der Waals surface area contributed by atoms with Gasteiger partial charge in [-0.3, -0.25) is 0 Å². The van der Waals surface area contributed by atoms with Crippen LogP contribution in [-0.4, -0.2) is 27.5 Å². The molecule has 1 fully saturated rings. The molecule has 0 bridgehead atoms. The van der Waals surface area contributed by atoms with Gasteiger partial charge in [-0.1, -0.05) is 235 Å². The summed E-state index contributed by atoms with van der Waals surface area (Å²) in [7, 11) is -0.390. The first-order valence-electron chi connectivity index (χ1n) is 31.6. The minimum atomic E-state index is -0.390. The molecule has 0 saturated carbocycles. The Labute approximate surface area is 570 Å². The van der Waals surface area contributed by atoms with Gasteiger partial charge in [0, 0.05) is 56.3 Å². The van der Waals surface area contributed by atoms with Crippen LogP contribution >= 0.6 is 54.5 Å². The van der Waals surface area contributed by atoms with Crippen LogP contribution in [0.1, 0.15) is 77.6 Å². The Balaban J connectivity index is 0.000000136. The van der Waals surface area contributed by atoms with Gasteiger partial charge < -0.3 is 18.4 Å². The van der Waals surface area contributed by atoms with Gasteiger partial charge in [-0.25, -0.2) is 0 Å². The van der Waals surface area contributed by atoms with Crippen LogP contribution in [0.15, 0.2) is 276 Å². The molecule has 2 aliphatic carbocycles. The average molecular weight is 1440 g/mol. The minimum absolute atomic E-state index is 0.00169. The smallest absolute Gasteiger partial charge is 0.399 e. The van der Waals surface area contributed by atoms with E-state index in [0.717, 1.165) is 20.0 Å². The van der Waals surface area contributed by atoms with Gasteiger partial charge in [-0.2, -0.15) is 0 Å². The Morgan fingerprint density at radius 3 is 1.18 bits per heavy atom. The number of hydrogen-bond donors (Lipinski definition) is 0. The molecule has 14 aromatic rings.